The van der Waals surface area contributed by atoms with Crippen LogP contribution in [0.2, 0.25) is 0 Å². The molecule has 0 saturated carbocycles. The summed E-state index contributed by atoms with van der Waals surface area (Å²) >= 11 is 7.37. The predicted molar refractivity (Wildman–Crippen MR) is 160 cm³/mol. The number of aryl methyl sites for hydroxylation is 1. The van der Waals surface area contributed by atoms with E-state index in [4.69, 9.17) is 12.2 Å². The zero-order valence-corrected chi connectivity index (χ0v) is 23.2. The van der Waals surface area contributed by atoms with Gasteiger partial charge in [0.2, 0.25) is 11.4 Å². The zero-order chi connectivity index (χ0) is 27.8. The second kappa shape index (κ2) is 10.8. The van der Waals surface area contributed by atoms with Gasteiger partial charge in [-0.3, -0.25) is 9.80 Å². The number of rotatable bonds is 5. The lowest BCUT2D eigenvalue weighted by Gasteiger charge is -2.36. The molecule has 11 nitrogen and oxygen atoms in total. The fraction of sp³-hybridized carbons (Fsp3) is 0.222. The number of anilines is 4. The molecule has 0 atom stereocenters. The maximum absolute atomic E-state index is 12.6. The Morgan fingerprint density at radius 1 is 1.10 bits per heavy atom. The smallest absolute Gasteiger partial charge is 0.341 e. The Labute approximate surface area is 239 Å². The Balaban J connectivity index is 1.16. The fourth-order valence-corrected chi connectivity index (χ4v) is 5.93. The molecule has 0 spiro atoms. The first-order valence-electron chi connectivity index (χ1n) is 12.8. The van der Waals surface area contributed by atoms with Crippen molar-refractivity contribution in [2.75, 3.05) is 41.4 Å². The summed E-state index contributed by atoms with van der Waals surface area (Å²) in [7, 11) is 0. The second-order valence-electron chi connectivity index (χ2n) is 9.29. The van der Waals surface area contributed by atoms with Crippen LogP contribution in [0.15, 0.2) is 70.6 Å². The molecule has 6 rings (SSSR count). The molecule has 1 fully saturated rings. The molecular weight excluding hydrogens is 548 g/mol. The molecule has 3 N–H and O–H groups in total. The van der Waals surface area contributed by atoms with Crippen molar-refractivity contribution in [1.82, 2.24) is 24.3 Å². The summed E-state index contributed by atoms with van der Waals surface area (Å²) in [5.74, 6) is -0.765. The topological polar surface area (TPSA) is 119 Å². The molecule has 0 aliphatic carbocycles. The van der Waals surface area contributed by atoms with Crippen LogP contribution in [0.5, 0.6) is 0 Å². The predicted octanol–water partition coefficient (Wildman–Crippen LogP) is 3.69. The quantitative estimate of drug-likeness (QED) is 0.238. The van der Waals surface area contributed by atoms with Crippen LogP contribution in [-0.4, -0.2) is 61.8 Å². The normalized spacial score (nSPS) is 14.9. The van der Waals surface area contributed by atoms with Crippen molar-refractivity contribution in [1.29, 1.82) is 0 Å². The molecule has 2 aliphatic heterocycles. The van der Waals surface area contributed by atoms with Crippen LogP contribution < -0.4 is 25.5 Å². The summed E-state index contributed by atoms with van der Waals surface area (Å²) in [6, 6.07) is 16.2. The largest absolute Gasteiger partial charge is 0.477 e. The maximum atomic E-state index is 12.6. The molecule has 4 heterocycles. The molecule has 1 saturated heterocycles. The number of hydrogen-bond acceptors (Lipinski definition) is 9. The van der Waals surface area contributed by atoms with Gasteiger partial charge in [-0.25, -0.2) is 9.78 Å². The number of para-hydroxylation sites is 3. The van der Waals surface area contributed by atoms with E-state index in [0.717, 1.165) is 22.0 Å². The monoisotopic (exact) mass is 574 g/mol. The highest BCUT2D eigenvalue weighted by molar-refractivity contribution is 7.98. The summed E-state index contributed by atoms with van der Waals surface area (Å²) in [5.41, 5.74) is 2.52. The van der Waals surface area contributed by atoms with E-state index < -0.39 is 11.4 Å². The SMILES string of the molecule is CCn1cc(C(=O)O)c(=O)c2cnc(N3CCN(C(=S)Nc4ccccc4N4NSc5ccccc54)CC3)nc21. The highest BCUT2D eigenvalue weighted by atomic mass is 32.2. The summed E-state index contributed by atoms with van der Waals surface area (Å²) in [4.78, 5) is 41.9. The minimum Gasteiger partial charge on any atom is -0.477 e. The molecule has 2 aromatic carbocycles. The number of carbonyl (C=O) groups is 1. The van der Waals surface area contributed by atoms with Gasteiger partial charge in [0.25, 0.3) is 0 Å². The van der Waals surface area contributed by atoms with E-state index >= 15 is 0 Å². The van der Waals surface area contributed by atoms with E-state index in [1.54, 1.807) is 16.5 Å². The van der Waals surface area contributed by atoms with Gasteiger partial charge in [-0.1, -0.05) is 24.3 Å². The third-order valence-electron chi connectivity index (χ3n) is 6.96. The van der Waals surface area contributed by atoms with Crippen LogP contribution in [0.1, 0.15) is 17.3 Å². The van der Waals surface area contributed by atoms with Gasteiger partial charge in [0.15, 0.2) is 5.11 Å². The summed E-state index contributed by atoms with van der Waals surface area (Å²) in [6.45, 7) is 4.94. The Kier molecular flexibility index (Phi) is 7.00. The van der Waals surface area contributed by atoms with Crippen molar-refractivity contribution in [2.45, 2.75) is 18.4 Å². The molecule has 0 bridgehead atoms. The van der Waals surface area contributed by atoms with Crippen LogP contribution in [0.25, 0.3) is 11.0 Å². The number of carboxylic acid groups (broad SMARTS) is 1. The first kappa shape index (κ1) is 26.0. The average molecular weight is 575 g/mol. The van der Waals surface area contributed by atoms with Crippen LogP contribution in [0, 0.1) is 0 Å². The lowest BCUT2D eigenvalue weighted by Crippen LogP contribution is -2.50. The van der Waals surface area contributed by atoms with Crippen LogP contribution in [0.4, 0.5) is 23.0 Å². The van der Waals surface area contributed by atoms with Gasteiger partial charge in [-0.2, -0.15) is 9.82 Å². The Hall–Kier alpha value is -4.20. The molecule has 0 unspecified atom stereocenters. The molecule has 13 heteroatoms. The minimum absolute atomic E-state index is 0.196. The zero-order valence-electron chi connectivity index (χ0n) is 21.6. The standard InChI is InChI=1S/C27H26N8O3S2/c1-2-32-16-18(25(37)38)23(36)17-15-28-26(30-24(17)32)33-11-13-34(14-12-33)27(39)29-19-7-3-4-8-20(19)35-21-9-5-6-10-22(21)40-31-35/h3-10,15-16,31H,2,11-14H2,1H3,(H,29,39)(H,37,38). The summed E-state index contributed by atoms with van der Waals surface area (Å²) < 4.78 is 1.67. The highest BCUT2D eigenvalue weighted by Crippen LogP contribution is 2.41. The third-order valence-corrected chi connectivity index (χ3v) is 8.16. The lowest BCUT2D eigenvalue weighted by molar-refractivity contribution is 0.0695. The number of benzene rings is 2. The van der Waals surface area contributed by atoms with Gasteiger partial charge < -0.3 is 24.8 Å². The number of fused-ring (bicyclic) bond motifs is 2. The van der Waals surface area contributed by atoms with Gasteiger partial charge >= 0.3 is 5.97 Å². The highest BCUT2D eigenvalue weighted by Gasteiger charge is 2.25. The lowest BCUT2D eigenvalue weighted by atomic mass is 10.2. The van der Waals surface area contributed by atoms with E-state index in [9.17, 15) is 14.7 Å². The molecule has 2 aliphatic rings. The Morgan fingerprint density at radius 2 is 1.82 bits per heavy atom. The van der Waals surface area contributed by atoms with Crippen molar-refractivity contribution in [3.05, 3.63) is 76.7 Å². The number of hydrazine groups is 1. The van der Waals surface area contributed by atoms with Crippen molar-refractivity contribution in [2.24, 2.45) is 0 Å². The van der Waals surface area contributed by atoms with Crippen LogP contribution >= 0.6 is 24.2 Å². The Bertz CT molecular complexity index is 1690. The number of nitrogens with one attached hydrogen (secondary N) is 2. The molecule has 0 amide bonds. The van der Waals surface area contributed by atoms with Gasteiger partial charge in [0.1, 0.15) is 11.2 Å². The molecule has 4 aromatic rings. The number of piperazine rings is 1. The van der Waals surface area contributed by atoms with Crippen molar-refractivity contribution in [3.63, 3.8) is 0 Å². The van der Waals surface area contributed by atoms with Gasteiger partial charge in [0.05, 0.1) is 22.4 Å². The molecule has 40 heavy (non-hydrogen) atoms. The van der Waals surface area contributed by atoms with E-state index in [2.05, 4.69) is 42.2 Å². The minimum atomic E-state index is -1.26. The number of thiocarbonyl (C=S) groups is 1. The van der Waals surface area contributed by atoms with Gasteiger partial charge in [-0.05, 0) is 55.4 Å². The molecular formula is C27H26N8O3S2. The number of nitrogens with zero attached hydrogens (tertiary/aromatic N) is 6. The van der Waals surface area contributed by atoms with E-state index in [1.165, 1.54) is 12.4 Å². The maximum Gasteiger partial charge on any atom is 0.341 e. The number of carboxylic acids is 1. The van der Waals surface area contributed by atoms with Crippen molar-refractivity contribution >= 4 is 69.3 Å². The van der Waals surface area contributed by atoms with E-state index in [0.29, 0.717) is 49.4 Å². The van der Waals surface area contributed by atoms with Crippen molar-refractivity contribution < 1.29 is 9.90 Å². The first-order chi connectivity index (χ1) is 19.4. The fourth-order valence-electron chi connectivity index (χ4n) is 4.84. The summed E-state index contributed by atoms with van der Waals surface area (Å²) in [6.07, 6.45) is 2.77. The first-order valence-corrected chi connectivity index (χ1v) is 14.0. The average Bonchev–Trinajstić information content (AvgIpc) is 3.41. The number of hydrogen-bond donors (Lipinski definition) is 3. The number of aromatic carboxylic acids is 1. The number of pyridine rings is 1. The third kappa shape index (κ3) is 4.72. The number of aromatic nitrogens is 3. The van der Waals surface area contributed by atoms with Gasteiger partial charge in [0, 0.05) is 50.0 Å². The van der Waals surface area contributed by atoms with E-state index in [1.807, 2.05) is 48.2 Å². The van der Waals surface area contributed by atoms with Crippen molar-refractivity contribution in [3.8, 4) is 0 Å². The van der Waals surface area contributed by atoms with E-state index in [-0.39, 0.29) is 10.9 Å². The molecule has 0 radical (unpaired) electrons. The Morgan fingerprint density at radius 3 is 2.58 bits per heavy atom. The second-order valence-corrected chi connectivity index (χ2v) is 10.5. The van der Waals surface area contributed by atoms with Crippen LogP contribution in [-0.2, 0) is 6.54 Å². The molecule has 204 valence electrons. The molecule has 2 aromatic heterocycles. The summed E-state index contributed by atoms with van der Waals surface area (Å²) in [5, 5.41) is 15.7. The van der Waals surface area contributed by atoms with Crippen LogP contribution in [0.3, 0.4) is 0 Å². The van der Waals surface area contributed by atoms with Gasteiger partial charge in [-0.15, -0.1) is 0 Å².